The van der Waals surface area contributed by atoms with Crippen LogP contribution in [0.15, 0.2) is 48.5 Å². The van der Waals surface area contributed by atoms with E-state index in [0.717, 1.165) is 68.9 Å². The zero-order valence-electron chi connectivity index (χ0n) is 16.2. The molecule has 0 amide bonds. The van der Waals surface area contributed by atoms with Crippen molar-refractivity contribution in [3.8, 4) is 0 Å². The van der Waals surface area contributed by atoms with Crippen LogP contribution in [0.2, 0.25) is 10.0 Å². The third-order valence-electron chi connectivity index (χ3n) is 5.80. The van der Waals surface area contributed by atoms with Crippen molar-refractivity contribution in [2.24, 2.45) is 0 Å². The summed E-state index contributed by atoms with van der Waals surface area (Å²) in [5, 5.41) is 5.20. The first kappa shape index (κ1) is 20.1. The predicted octanol–water partition coefficient (Wildman–Crippen LogP) is 3.54. The number of rotatable bonds is 5. The molecule has 1 unspecified atom stereocenters. The average molecular weight is 419 g/mol. The molecular formula is C22H28Cl2N4. The molecule has 2 heterocycles. The molecule has 0 aromatic heterocycles. The van der Waals surface area contributed by atoms with E-state index in [0.29, 0.717) is 6.17 Å². The molecule has 0 radical (unpaired) electrons. The Kier molecular flexibility index (Phi) is 6.89. The van der Waals surface area contributed by atoms with Crippen molar-refractivity contribution in [3.63, 3.8) is 0 Å². The maximum Gasteiger partial charge on any atom is 0.0758 e. The zero-order valence-corrected chi connectivity index (χ0v) is 17.7. The summed E-state index contributed by atoms with van der Waals surface area (Å²) in [7, 11) is 0. The smallest absolute Gasteiger partial charge is 0.0758 e. The molecule has 2 fully saturated rings. The fourth-order valence-corrected chi connectivity index (χ4v) is 4.62. The third-order valence-corrected chi connectivity index (χ3v) is 6.54. The summed E-state index contributed by atoms with van der Waals surface area (Å²) in [6.45, 7) is 9.18. The van der Waals surface area contributed by atoms with Gasteiger partial charge in [-0.2, -0.15) is 0 Å². The van der Waals surface area contributed by atoms with Gasteiger partial charge in [0.05, 0.1) is 6.17 Å². The first-order chi connectivity index (χ1) is 13.7. The van der Waals surface area contributed by atoms with Crippen molar-refractivity contribution in [1.29, 1.82) is 0 Å². The van der Waals surface area contributed by atoms with E-state index in [-0.39, 0.29) is 0 Å². The standard InChI is InChI=1S/C22H28Cl2N4/c23-20-7-3-1-5-18(20)15-26-13-14-28(16-19-6-2-4-8-21(19)24)22(17-26)27-11-9-25-10-12-27/h1-8,22,25H,9-17H2. The Morgan fingerprint density at radius 3 is 2.04 bits per heavy atom. The lowest BCUT2D eigenvalue weighted by Crippen LogP contribution is -2.62. The molecule has 0 bridgehead atoms. The average Bonchev–Trinajstić information content (AvgIpc) is 2.73. The van der Waals surface area contributed by atoms with Gasteiger partial charge in [0, 0.05) is 68.9 Å². The van der Waals surface area contributed by atoms with Crippen LogP contribution in [0.5, 0.6) is 0 Å². The van der Waals surface area contributed by atoms with Crippen LogP contribution in [0.4, 0.5) is 0 Å². The van der Waals surface area contributed by atoms with E-state index in [1.807, 2.05) is 24.3 Å². The lowest BCUT2D eigenvalue weighted by molar-refractivity contribution is -0.0342. The van der Waals surface area contributed by atoms with Crippen LogP contribution >= 0.6 is 23.2 Å². The summed E-state index contributed by atoms with van der Waals surface area (Å²) >= 11 is 12.9. The summed E-state index contributed by atoms with van der Waals surface area (Å²) in [5.74, 6) is 0. The van der Waals surface area contributed by atoms with Crippen LogP contribution in [0.3, 0.4) is 0 Å². The molecule has 0 spiro atoms. The molecule has 2 aromatic carbocycles. The Bertz CT molecular complexity index is 779. The summed E-state index contributed by atoms with van der Waals surface area (Å²) in [4.78, 5) is 7.75. The highest BCUT2D eigenvalue weighted by molar-refractivity contribution is 6.31. The maximum absolute atomic E-state index is 6.46. The molecule has 4 nitrogen and oxygen atoms in total. The van der Waals surface area contributed by atoms with Crippen LogP contribution in [-0.4, -0.2) is 66.7 Å². The molecule has 2 saturated heterocycles. The van der Waals surface area contributed by atoms with E-state index in [1.165, 1.54) is 11.1 Å². The van der Waals surface area contributed by atoms with E-state index in [4.69, 9.17) is 23.2 Å². The van der Waals surface area contributed by atoms with Crippen molar-refractivity contribution < 1.29 is 0 Å². The minimum Gasteiger partial charge on any atom is -0.314 e. The number of hydrogen-bond donors (Lipinski definition) is 1. The highest BCUT2D eigenvalue weighted by Crippen LogP contribution is 2.24. The fraction of sp³-hybridized carbons (Fsp3) is 0.455. The predicted molar refractivity (Wildman–Crippen MR) is 117 cm³/mol. The van der Waals surface area contributed by atoms with Gasteiger partial charge in [0.25, 0.3) is 0 Å². The zero-order chi connectivity index (χ0) is 19.3. The summed E-state index contributed by atoms with van der Waals surface area (Å²) in [6, 6.07) is 16.4. The Balaban J connectivity index is 1.49. The first-order valence-electron chi connectivity index (χ1n) is 10.1. The molecule has 0 aliphatic carbocycles. The molecule has 4 rings (SSSR count). The van der Waals surface area contributed by atoms with Gasteiger partial charge in [0.2, 0.25) is 0 Å². The normalized spacial score (nSPS) is 22.4. The topological polar surface area (TPSA) is 21.8 Å². The van der Waals surface area contributed by atoms with Gasteiger partial charge < -0.3 is 5.32 Å². The number of nitrogens with one attached hydrogen (secondary N) is 1. The minimum atomic E-state index is 0.398. The van der Waals surface area contributed by atoms with Crippen molar-refractivity contribution in [2.45, 2.75) is 19.3 Å². The maximum atomic E-state index is 6.46. The lowest BCUT2D eigenvalue weighted by atomic mass is 10.1. The van der Waals surface area contributed by atoms with Gasteiger partial charge in [0.15, 0.2) is 0 Å². The lowest BCUT2D eigenvalue weighted by Gasteiger charge is -2.47. The largest absolute Gasteiger partial charge is 0.314 e. The number of hydrogen-bond acceptors (Lipinski definition) is 4. The van der Waals surface area contributed by atoms with Crippen LogP contribution in [0, 0.1) is 0 Å². The van der Waals surface area contributed by atoms with Gasteiger partial charge in [-0.1, -0.05) is 59.6 Å². The monoisotopic (exact) mass is 418 g/mol. The summed E-state index contributed by atoms with van der Waals surface area (Å²) in [5.41, 5.74) is 2.42. The van der Waals surface area contributed by atoms with Crippen molar-refractivity contribution in [2.75, 3.05) is 45.8 Å². The molecule has 2 aliphatic rings. The second-order valence-corrected chi connectivity index (χ2v) is 8.47. The van der Waals surface area contributed by atoms with Crippen molar-refractivity contribution in [1.82, 2.24) is 20.0 Å². The molecule has 1 atom stereocenters. The first-order valence-corrected chi connectivity index (χ1v) is 10.8. The SMILES string of the molecule is Clc1ccccc1CN1CCN(Cc2ccccc2Cl)C(N2CCNCC2)C1. The van der Waals surface area contributed by atoms with E-state index in [1.54, 1.807) is 0 Å². The summed E-state index contributed by atoms with van der Waals surface area (Å²) < 4.78 is 0. The van der Waals surface area contributed by atoms with Crippen LogP contribution < -0.4 is 5.32 Å². The van der Waals surface area contributed by atoms with Crippen LogP contribution in [0.25, 0.3) is 0 Å². The van der Waals surface area contributed by atoms with E-state index in [9.17, 15) is 0 Å². The second kappa shape index (κ2) is 9.57. The van der Waals surface area contributed by atoms with Crippen LogP contribution in [0.1, 0.15) is 11.1 Å². The van der Waals surface area contributed by atoms with Gasteiger partial charge in [-0.05, 0) is 23.3 Å². The quantitative estimate of drug-likeness (QED) is 0.800. The van der Waals surface area contributed by atoms with Gasteiger partial charge in [-0.3, -0.25) is 14.7 Å². The van der Waals surface area contributed by atoms with Crippen LogP contribution in [-0.2, 0) is 13.1 Å². The number of benzene rings is 2. The second-order valence-electron chi connectivity index (χ2n) is 7.65. The molecule has 6 heteroatoms. The fourth-order valence-electron chi connectivity index (χ4n) is 4.22. The molecule has 2 aromatic rings. The van der Waals surface area contributed by atoms with Crippen molar-refractivity contribution in [3.05, 3.63) is 69.7 Å². The molecule has 150 valence electrons. The number of halogens is 2. The number of nitrogens with zero attached hydrogens (tertiary/aromatic N) is 3. The van der Waals surface area contributed by atoms with E-state index < -0.39 is 0 Å². The van der Waals surface area contributed by atoms with E-state index in [2.05, 4.69) is 44.3 Å². The van der Waals surface area contributed by atoms with E-state index >= 15 is 0 Å². The molecular weight excluding hydrogens is 391 g/mol. The third kappa shape index (κ3) is 4.88. The highest BCUT2D eigenvalue weighted by Gasteiger charge is 2.32. The van der Waals surface area contributed by atoms with Gasteiger partial charge in [-0.15, -0.1) is 0 Å². The molecule has 28 heavy (non-hydrogen) atoms. The Morgan fingerprint density at radius 1 is 0.786 bits per heavy atom. The Morgan fingerprint density at radius 2 is 1.39 bits per heavy atom. The Labute approximate surface area is 178 Å². The van der Waals surface area contributed by atoms with Gasteiger partial charge in [-0.25, -0.2) is 0 Å². The molecule has 0 saturated carbocycles. The highest BCUT2D eigenvalue weighted by atomic mass is 35.5. The van der Waals surface area contributed by atoms with Crippen molar-refractivity contribution >= 4 is 23.2 Å². The van der Waals surface area contributed by atoms with Gasteiger partial charge >= 0.3 is 0 Å². The minimum absolute atomic E-state index is 0.398. The number of piperazine rings is 2. The molecule has 2 aliphatic heterocycles. The summed E-state index contributed by atoms with van der Waals surface area (Å²) in [6.07, 6.45) is 0.398. The Hall–Kier alpha value is -1.14. The molecule has 1 N–H and O–H groups in total. The van der Waals surface area contributed by atoms with Gasteiger partial charge in [0.1, 0.15) is 0 Å².